The summed E-state index contributed by atoms with van der Waals surface area (Å²) in [5.41, 5.74) is 2.21. The molecule has 3 fully saturated rings. The molecule has 9 nitrogen and oxygen atoms in total. The number of ether oxygens (including phenoxy) is 2. The first-order valence-electron chi connectivity index (χ1n) is 17.6. The summed E-state index contributed by atoms with van der Waals surface area (Å²) in [7, 11) is -0.751. The van der Waals surface area contributed by atoms with Gasteiger partial charge in [0, 0.05) is 36.7 Å². The lowest BCUT2D eigenvalue weighted by molar-refractivity contribution is -0.150. The fourth-order valence-corrected chi connectivity index (χ4v) is 13.2. The molecule has 3 amide bonds. The van der Waals surface area contributed by atoms with Crippen LogP contribution in [0.5, 0.6) is 5.75 Å². The van der Waals surface area contributed by atoms with Crippen molar-refractivity contribution >= 4 is 42.4 Å². The van der Waals surface area contributed by atoms with Gasteiger partial charge in [-0.3, -0.25) is 14.4 Å². The Kier molecular flexibility index (Phi) is 8.92. The van der Waals surface area contributed by atoms with Crippen molar-refractivity contribution in [2.45, 2.75) is 82.0 Å². The van der Waals surface area contributed by atoms with Crippen molar-refractivity contribution in [3.63, 3.8) is 0 Å². The molecule has 0 radical (unpaired) electrons. The molecule has 4 aliphatic heterocycles. The zero-order chi connectivity index (χ0) is 34.5. The summed E-state index contributed by atoms with van der Waals surface area (Å²) in [5.74, 6) is 0.582. The van der Waals surface area contributed by atoms with Gasteiger partial charge in [0.15, 0.2) is 5.60 Å². The zero-order valence-electron chi connectivity index (χ0n) is 28.9. The minimum absolute atomic E-state index is 0.0255. The fourth-order valence-electron chi connectivity index (χ4n) is 9.15. The number of hydrogen-bond donors (Lipinski definition) is 1. The van der Waals surface area contributed by atoms with Crippen LogP contribution < -0.4 is 19.7 Å². The highest BCUT2D eigenvalue weighted by Crippen LogP contribution is 2.60. The summed E-state index contributed by atoms with van der Waals surface area (Å²) in [6, 6.07) is 23.9. The van der Waals surface area contributed by atoms with Gasteiger partial charge < -0.3 is 29.3 Å². The number of carbonyl (C=O) groups excluding carboxylic acids is 3. The molecule has 3 aromatic carbocycles. The molecule has 1 spiro atoms. The van der Waals surface area contributed by atoms with Crippen molar-refractivity contribution < 1.29 is 29.0 Å². The molecule has 4 aliphatic rings. The average molecular weight is 682 g/mol. The number of nitrogens with zero attached hydrogens (tertiary/aromatic N) is 3. The van der Waals surface area contributed by atoms with E-state index in [1.54, 1.807) is 7.11 Å². The van der Waals surface area contributed by atoms with Crippen LogP contribution >= 0.6 is 0 Å². The van der Waals surface area contributed by atoms with Crippen molar-refractivity contribution in [2.24, 2.45) is 5.92 Å². The third-order valence-electron chi connectivity index (χ3n) is 11.7. The van der Waals surface area contributed by atoms with Gasteiger partial charge in [0.1, 0.15) is 5.75 Å². The summed E-state index contributed by atoms with van der Waals surface area (Å²) < 4.78 is 12.6. The van der Waals surface area contributed by atoms with Crippen molar-refractivity contribution in [2.75, 3.05) is 36.6 Å². The first-order valence-corrected chi connectivity index (χ1v) is 20.7. The predicted octanol–water partition coefficient (Wildman–Crippen LogP) is 4.96. The van der Waals surface area contributed by atoms with Crippen LogP contribution in [0.3, 0.4) is 0 Å². The Labute approximate surface area is 289 Å². The van der Waals surface area contributed by atoms with Crippen molar-refractivity contribution in [1.82, 2.24) is 4.90 Å². The Morgan fingerprint density at radius 2 is 1.73 bits per heavy atom. The Morgan fingerprint density at radius 3 is 2.41 bits per heavy atom. The highest BCUT2D eigenvalue weighted by atomic mass is 28.3. The number of aliphatic hydroxyl groups is 1. The van der Waals surface area contributed by atoms with Crippen molar-refractivity contribution in [3.8, 4) is 5.75 Å². The summed E-state index contributed by atoms with van der Waals surface area (Å²) in [6.45, 7) is 8.44. The van der Waals surface area contributed by atoms with Crippen LogP contribution in [0.2, 0.25) is 18.6 Å². The topological polar surface area (TPSA) is 99.6 Å². The average Bonchev–Trinajstić information content (AvgIpc) is 3.88. The number of fused-ring (bicyclic) bond motifs is 2. The fraction of sp³-hybridized carbons (Fsp3) is 0.462. The highest BCUT2D eigenvalue weighted by Gasteiger charge is 2.66. The molecule has 7 rings (SSSR count). The van der Waals surface area contributed by atoms with Gasteiger partial charge in [-0.15, -0.1) is 0 Å². The molecule has 0 aromatic heterocycles. The maximum absolute atomic E-state index is 15.0. The molecule has 49 heavy (non-hydrogen) atoms. The Bertz CT molecular complexity index is 1730. The lowest BCUT2D eigenvalue weighted by Crippen LogP contribution is -2.52. The number of anilines is 2. The van der Waals surface area contributed by atoms with Crippen LogP contribution in [0.1, 0.15) is 50.2 Å². The van der Waals surface area contributed by atoms with Crippen LogP contribution in [0.15, 0.2) is 72.8 Å². The van der Waals surface area contributed by atoms with E-state index < -0.39 is 19.8 Å². The molecule has 3 aromatic rings. The monoisotopic (exact) mass is 681 g/mol. The van der Waals surface area contributed by atoms with Crippen LogP contribution in [-0.2, 0) is 31.3 Å². The van der Waals surface area contributed by atoms with E-state index in [4.69, 9.17) is 9.47 Å². The summed E-state index contributed by atoms with van der Waals surface area (Å²) in [5, 5.41) is 11.2. The molecule has 1 N–H and O–H groups in total. The second-order valence-corrected chi connectivity index (χ2v) is 19.3. The van der Waals surface area contributed by atoms with E-state index in [1.165, 1.54) is 5.19 Å². The molecule has 0 saturated carbocycles. The molecular weight excluding hydrogens is 635 g/mol. The second kappa shape index (κ2) is 13.0. The number of carbonyl (C=O) groups is 3. The van der Waals surface area contributed by atoms with E-state index >= 15 is 4.79 Å². The first-order chi connectivity index (χ1) is 23.6. The Hall–Kier alpha value is -3.99. The molecule has 5 atom stereocenters. The van der Waals surface area contributed by atoms with Crippen molar-refractivity contribution in [3.05, 3.63) is 83.9 Å². The third kappa shape index (κ3) is 5.58. The largest absolute Gasteiger partial charge is 0.497 e. The molecule has 0 aliphatic carbocycles. The van der Waals surface area contributed by atoms with Gasteiger partial charge in [0.05, 0.1) is 52.6 Å². The normalized spacial score (nSPS) is 26.7. The minimum Gasteiger partial charge on any atom is -0.497 e. The van der Waals surface area contributed by atoms with Gasteiger partial charge in [-0.25, -0.2) is 0 Å². The van der Waals surface area contributed by atoms with Crippen LogP contribution in [0, 0.1) is 5.92 Å². The lowest BCUT2D eigenvalue weighted by atomic mass is 9.82. The van der Waals surface area contributed by atoms with E-state index in [-0.39, 0.29) is 48.3 Å². The summed E-state index contributed by atoms with van der Waals surface area (Å²) >= 11 is 0. The molecule has 0 bridgehead atoms. The number of para-hydroxylation sites is 1. The van der Waals surface area contributed by atoms with Gasteiger partial charge in [-0.2, -0.15) is 0 Å². The summed E-state index contributed by atoms with van der Waals surface area (Å²) in [6.07, 6.45) is 2.78. The highest BCUT2D eigenvalue weighted by molar-refractivity contribution is 6.91. The molecule has 3 saturated heterocycles. The van der Waals surface area contributed by atoms with Gasteiger partial charge in [0.2, 0.25) is 11.8 Å². The van der Waals surface area contributed by atoms with E-state index in [1.807, 2.05) is 75.4 Å². The van der Waals surface area contributed by atoms with Gasteiger partial charge in [-0.1, -0.05) is 67.7 Å². The van der Waals surface area contributed by atoms with E-state index in [9.17, 15) is 14.7 Å². The zero-order valence-corrected chi connectivity index (χ0v) is 29.9. The second-order valence-electron chi connectivity index (χ2n) is 14.7. The quantitative estimate of drug-likeness (QED) is 0.321. The Morgan fingerprint density at radius 1 is 1.00 bits per heavy atom. The number of aliphatic hydroxyl groups excluding tert-OH is 1. The van der Waals surface area contributed by atoms with Gasteiger partial charge >= 0.3 is 0 Å². The van der Waals surface area contributed by atoms with Crippen LogP contribution in [0.4, 0.5) is 11.4 Å². The standard InChI is InChI=1S/C39H47N3O6Si/c1-26-37(49(3,4)31-19-17-30(47-2)18-20-31)34(23-36(45)41-21-7-9-29(41)25-43)48-39(26)32-10-5-6-11-33(32)42(38(39)46)24-27-13-15-28(16-14-27)40-22-8-12-35(40)44/h5-6,10-11,13-20,26,29,34,37,43H,7-9,12,21-25H2,1-4H3/t26-,29+,34+,37-,39+/m1/s1. The van der Waals surface area contributed by atoms with Crippen LogP contribution in [-0.4, -0.2) is 74.8 Å². The number of methoxy groups -OCH3 is 1. The number of likely N-dealkylation sites (tertiary alicyclic amines) is 1. The first kappa shape index (κ1) is 33.5. The number of hydrogen-bond acceptors (Lipinski definition) is 6. The smallest absolute Gasteiger partial charge is 0.264 e. The number of rotatable bonds is 9. The van der Waals surface area contributed by atoms with Crippen LogP contribution in [0.25, 0.3) is 0 Å². The number of amides is 3. The molecule has 258 valence electrons. The molecule has 4 heterocycles. The summed E-state index contributed by atoms with van der Waals surface area (Å²) in [4.78, 5) is 46.8. The van der Waals surface area contributed by atoms with E-state index in [0.29, 0.717) is 19.5 Å². The van der Waals surface area contributed by atoms with Crippen molar-refractivity contribution in [1.29, 1.82) is 0 Å². The maximum atomic E-state index is 15.0. The van der Waals surface area contributed by atoms with E-state index in [0.717, 1.165) is 54.1 Å². The van der Waals surface area contributed by atoms with E-state index in [2.05, 4.69) is 32.2 Å². The lowest BCUT2D eigenvalue weighted by Gasteiger charge is -2.37. The minimum atomic E-state index is -2.41. The molecular formula is C39H47N3O6Si. The van der Waals surface area contributed by atoms with Gasteiger partial charge in [-0.05, 0) is 60.7 Å². The molecule has 0 unspecified atom stereocenters. The number of benzene rings is 3. The SMILES string of the molecule is COc1ccc([Si](C)(C)[C@H]2[C@H](CC(=O)N3CCC[C@H]3CO)O[C@@]3(C(=O)N(Cc4ccc(N5CCCC5=O)cc4)c4ccccc43)[C@@H]2C)cc1. The molecule has 10 heteroatoms. The van der Waals surface area contributed by atoms with Gasteiger partial charge in [0.25, 0.3) is 5.91 Å². The predicted molar refractivity (Wildman–Crippen MR) is 192 cm³/mol. The maximum Gasteiger partial charge on any atom is 0.264 e. The Balaban J connectivity index is 1.24. The third-order valence-corrected chi connectivity index (χ3v) is 16.0.